The van der Waals surface area contributed by atoms with E-state index in [1.54, 1.807) is 11.3 Å². The van der Waals surface area contributed by atoms with Gasteiger partial charge in [0.15, 0.2) is 5.43 Å². The molecule has 0 unspecified atom stereocenters. The summed E-state index contributed by atoms with van der Waals surface area (Å²) in [5, 5.41) is 1.64. The van der Waals surface area contributed by atoms with Gasteiger partial charge in [0.05, 0.1) is 0 Å². The van der Waals surface area contributed by atoms with Crippen molar-refractivity contribution in [1.29, 1.82) is 0 Å². The van der Waals surface area contributed by atoms with Crippen molar-refractivity contribution in [1.82, 2.24) is 0 Å². The predicted octanol–water partition coefficient (Wildman–Crippen LogP) is 5.33. The van der Waals surface area contributed by atoms with Crippen molar-refractivity contribution in [2.75, 3.05) is 0 Å². The Kier molecular flexibility index (Phi) is 23.0. The fourth-order valence-corrected chi connectivity index (χ4v) is 2.82. The van der Waals surface area contributed by atoms with Gasteiger partial charge in [-0.2, -0.15) is 0 Å². The standard InChI is InChI=1S/C13H8OS.C2H6.2CH3.3Y/c14-13-9-5-1-3-7-11(9)15-12-8-4-2-6-10(12)13;1-2;;;;;/h1-8H;1-2H3;2*1H3;;;/q;;2*-1;;;. The third kappa shape index (κ3) is 7.26. The van der Waals surface area contributed by atoms with E-state index in [9.17, 15) is 4.79 Å². The Morgan fingerprint density at radius 1 is 0.682 bits per heavy atom. The summed E-state index contributed by atoms with van der Waals surface area (Å²) in [4.78, 5) is 12.1. The summed E-state index contributed by atoms with van der Waals surface area (Å²) >= 11 is 1.67. The van der Waals surface area contributed by atoms with Crippen LogP contribution >= 0.6 is 11.3 Å². The third-order valence-corrected chi connectivity index (χ3v) is 3.64. The Morgan fingerprint density at radius 2 is 1.00 bits per heavy atom. The molecule has 3 rings (SSSR count). The van der Waals surface area contributed by atoms with Gasteiger partial charge in [-0.3, -0.25) is 4.79 Å². The summed E-state index contributed by atoms with van der Waals surface area (Å²) in [7, 11) is 0. The van der Waals surface area contributed by atoms with E-state index in [1.165, 1.54) is 0 Å². The van der Waals surface area contributed by atoms with E-state index < -0.39 is 0 Å². The van der Waals surface area contributed by atoms with E-state index in [0.29, 0.717) is 0 Å². The molecular weight excluding hydrogens is 519 g/mol. The van der Waals surface area contributed by atoms with E-state index in [-0.39, 0.29) is 118 Å². The summed E-state index contributed by atoms with van der Waals surface area (Å²) in [5.41, 5.74) is 0.139. The van der Waals surface area contributed by atoms with Crippen molar-refractivity contribution >= 4 is 31.5 Å². The average Bonchev–Trinajstić information content (AvgIpc) is 2.41. The van der Waals surface area contributed by atoms with Crippen molar-refractivity contribution in [3.05, 3.63) is 73.6 Å². The van der Waals surface area contributed by atoms with E-state index in [2.05, 4.69) is 0 Å². The second-order valence-corrected chi connectivity index (χ2v) is 4.51. The number of hydrogen-bond acceptors (Lipinski definition) is 2. The molecule has 0 saturated carbocycles. The molecule has 3 aromatic rings. The Bertz CT molecular complexity index is 654. The van der Waals surface area contributed by atoms with Crippen LogP contribution in [0, 0.1) is 14.9 Å². The molecule has 5 heteroatoms. The van der Waals surface area contributed by atoms with E-state index in [0.717, 1.165) is 20.2 Å². The SMILES string of the molecule is CC.O=c1c2ccccc2sc2ccccc12.[CH3-].[CH3-].[Y].[Y].[Y]. The molecule has 0 atom stereocenters. The molecule has 2 aromatic carbocycles. The third-order valence-electron chi connectivity index (χ3n) is 2.48. The fourth-order valence-electron chi connectivity index (χ4n) is 1.75. The van der Waals surface area contributed by atoms with Gasteiger partial charge in [0, 0.05) is 118 Å². The molecule has 0 aliphatic carbocycles. The molecule has 111 valence electrons. The predicted molar refractivity (Wildman–Crippen MR) is 89.8 cm³/mol. The summed E-state index contributed by atoms with van der Waals surface area (Å²) in [6, 6.07) is 15.5. The Morgan fingerprint density at radius 3 is 1.36 bits per heavy atom. The van der Waals surface area contributed by atoms with Crippen LogP contribution in [-0.2, 0) is 98.1 Å². The molecule has 0 aliphatic rings. The first-order valence-corrected chi connectivity index (χ1v) is 6.58. The number of hydrogen-bond donors (Lipinski definition) is 0. The fraction of sp³-hybridized carbons (Fsp3) is 0.118. The monoisotopic (exact) mass is 539 g/mol. The number of rotatable bonds is 0. The zero-order valence-corrected chi connectivity index (χ0v) is 23.0. The van der Waals surface area contributed by atoms with Crippen molar-refractivity contribution in [2.45, 2.75) is 13.8 Å². The van der Waals surface area contributed by atoms with Crippen LogP contribution in [0.2, 0.25) is 0 Å². The average molecular weight is 539 g/mol. The normalized spacial score (nSPS) is 7.73. The maximum absolute atomic E-state index is 12.1. The van der Waals surface area contributed by atoms with Crippen molar-refractivity contribution in [3.8, 4) is 0 Å². The van der Waals surface area contributed by atoms with Gasteiger partial charge in [-0.1, -0.05) is 38.1 Å². The number of fused-ring (bicyclic) bond motifs is 2. The quantitative estimate of drug-likeness (QED) is 0.279. The molecule has 0 amide bonds. The van der Waals surface area contributed by atoms with Crippen LogP contribution in [0.5, 0.6) is 0 Å². The maximum atomic E-state index is 12.1. The van der Waals surface area contributed by atoms with Crippen LogP contribution in [0.25, 0.3) is 20.2 Å². The van der Waals surface area contributed by atoms with Gasteiger partial charge < -0.3 is 14.9 Å². The van der Waals surface area contributed by atoms with Gasteiger partial charge >= 0.3 is 0 Å². The minimum atomic E-state index is 0. The number of benzene rings is 2. The topological polar surface area (TPSA) is 17.1 Å². The zero-order valence-electron chi connectivity index (χ0n) is 13.7. The van der Waals surface area contributed by atoms with E-state index >= 15 is 0 Å². The summed E-state index contributed by atoms with van der Waals surface area (Å²) < 4.78 is 2.11. The molecule has 1 nitrogen and oxygen atoms in total. The summed E-state index contributed by atoms with van der Waals surface area (Å²) in [5.74, 6) is 0. The van der Waals surface area contributed by atoms with Gasteiger partial charge in [0.2, 0.25) is 0 Å². The van der Waals surface area contributed by atoms with Crippen molar-refractivity contribution < 1.29 is 98.1 Å². The van der Waals surface area contributed by atoms with Crippen molar-refractivity contribution in [3.63, 3.8) is 0 Å². The molecule has 0 N–H and O–H groups in total. The van der Waals surface area contributed by atoms with E-state index in [1.807, 2.05) is 62.4 Å². The Hall–Kier alpha value is 1.64. The first-order valence-electron chi connectivity index (χ1n) is 5.77. The zero-order chi connectivity index (χ0) is 12.3. The second kappa shape index (κ2) is 16.1. The van der Waals surface area contributed by atoms with Crippen LogP contribution in [0.4, 0.5) is 0 Å². The molecule has 1 heterocycles. The maximum Gasteiger partial charge on any atom is 0.195 e. The molecule has 0 bridgehead atoms. The van der Waals surface area contributed by atoms with Gasteiger partial charge in [0.25, 0.3) is 0 Å². The second-order valence-electron chi connectivity index (χ2n) is 3.42. The molecular formula is C17H20OSY3-2. The van der Waals surface area contributed by atoms with Crippen LogP contribution in [-0.4, -0.2) is 0 Å². The van der Waals surface area contributed by atoms with Crippen molar-refractivity contribution in [2.24, 2.45) is 0 Å². The minimum Gasteiger partial charge on any atom is -0.358 e. The van der Waals surface area contributed by atoms with Gasteiger partial charge in [-0.25, -0.2) is 0 Å². The Balaban J connectivity index is -0.000000223. The largest absolute Gasteiger partial charge is 0.358 e. The first-order chi connectivity index (χ1) is 8.36. The summed E-state index contributed by atoms with van der Waals surface area (Å²) in [6.45, 7) is 4.00. The molecule has 0 saturated heterocycles. The molecule has 0 aliphatic heterocycles. The van der Waals surface area contributed by atoms with Crippen LogP contribution in [0.3, 0.4) is 0 Å². The van der Waals surface area contributed by atoms with Crippen LogP contribution in [0.15, 0.2) is 53.3 Å². The van der Waals surface area contributed by atoms with Gasteiger partial charge in [-0.15, -0.1) is 11.3 Å². The molecule has 0 spiro atoms. The van der Waals surface area contributed by atoms with E-state index in [4.69, 9.17) is 0 Å². The van der Waals surface area contributed by atoms with Gasteiger partial charge in [0.1, 0.15) is 0 Å². The molecule has 1 aromatic heterocycles. The molecule has 22 heavy (non-hydrogen) atoms. The Labute approximate surface area is 213 Å². The minimum absolute atomic E-state index is 0. The van der Waals surface area contributed by atoms with Crippen LogP contribution in [0.1, 0.15) is 13.8 Å². The van der Waals surface area contributed by atoms with Gasteiger partial charge in [-0.05, 0) is 24.3 Å². The molecule has 3 radical (unpaired) electrons. The first kappa shape index (κ1) is 31.4. The molecule has 0 fully saturated rings. The van der Waals surface area contributed by atoms with Crippen LogP contribution < -0.4 is 5.43 Å². The summed E-state index contributed by atoms with van der Waals surface area (Å²) in [6.07, 6.45) is 0. The smallest absolute Gasteiger partial charge is 0.195 e.